The smallest absolute Gasteiger partial charge is 0.255 e. The van der Waals surface area contributed by atoms with E-state index in [1.165, 1.54) is 0 Å². The maximum absolute atomic E-state index is 5.09. The quantitative estimate of drug-likeness (QED) is 0.551. The predicted molar refractivity (Wildman–Crippen MR) is 56.6 cm³/mol. The van der Waals surface area contributed by atoms with Gasteiger partial charge >= 0.3 is 0 Å². The molecule has 1 N–H and O–H groups in total. The molecule has 0 aliphatic heterocycles. The van der Waals surface area contributed by atoms with E-state index in [-0.39, 0.29) is 0 Å². The Morgan fingerprint density at radius 2 is 2.57 bits per heavy atom. The van der Waals surface area contributed by atoms with Crippen molar-refractivity contribution in [1.82, 2.24) is 10.3 Å². The summed E-state index contributed by atoms with van der Waals surface area (Å²) in [5.41, 5.74) is 0. The van der Waals surface area contributed by atoms with E-state index in [1.54, 1.807) is 31.3 Å². The fourth-order valence-corrected chi connectivity index (χ4v) is 1.69. The zero-order valence-corrected chi connectivity index (χ0v) is 9.34. The van der Waals surface area contributed by atoms with Crippen molar-refractivity contribution in [2.45, 2.75) is 18.2 Å². The average molecular weight is 216 g/mol. The summed E-state index contributed by atoms with van der Waals surface area (Å²) in [5.74, 6) is 0.953. The maximum Gasteiger partial charge on any atom is 0.255 e. The second-order valence-corrected chi connectivity index (χ2v) is 4.00. The van der Waals surface area contributed by atoms with E-state index in [9.17, 15) is 0 Å². The molecule has 14 heavy (non-hydrogen) atoms. The van der Waals surface area contributed by atoms with Crippen LogP contribution in [0.2, 0.25) is 0 Å². The molecule has 1 unspecified atom stereocenters. The first-order chi connectivity index (χ1) is 6.83. The van der Waals surface area contributed by atoms with Gasteiger partial charge in [0.25, 0.3) is 5.22 Å². The summed E-state index contributed by atoms with van der Waals surface area (Å²) < 4.78 is 10.1. The SMILES string of the molecule is COCC(C)NCCSc1ncco1. The van der Waals surface area contributed by atoms with E-state index in [0.29, 0.717) is 6.04 Å². The van der Waals surface area contributed by atoms with E-state index < -0.39 is 0 Å². The Labute approximate surface area is 88.4 Å². The fourth-order valence-electron chi connectivity index (χ4n) is 1.03. The number of thioether (sulfide) groups is 1. The Bertz CT molecular complexity index is 229. The van der Waals surface area contributed by atoms with Crippen molar-refractivity contribution in [3.05, 3.63) is 12.5 Å². The van der Waals surface area contributed by atoms with Crippen molar-refractivity contribution < 1.29 is 9.15 Å². The third-order valence-electron chi connectivity index (χ3n) is 1.65. The van der Waals surface area contributed by atoms with Crippen molar-refractivity contribution in [1.29, 1.82) is 0 Å². The van der Waals surface area contributed by atoms with Crippen LogP contribution in [0.15, 0.2) is 22.1 Å². The van der Waals surface area contributed by atoms with Crippen LogP contribution >= 0.6 is 11.8 Å². The van der Waals surface area contributed by atoms with E-state index in [2.05, 4.69) is 17.2 Å². The summed E-state index contributed by atoms with van der Waals surface area (Å²) in [7, 11) is 1.71. The monoisotopic (exact) mass is 216 g/mol. The zero-order valence-electron chi connectivity index (χ0n) is 8.53. The Morgan fingerprint density at radius 1 is 1.71 bits per heavy atom. The molecule has 0 aliphatic rings. The van der Waals surface area contributed by atoms with Crippen LogP contribution in [-0.4, -0.2) is 37.0 Å². The number of hydrogen-bond donors (Lipinski definition) is 1. The molecule has 0 saturated carbocycles. The number of rotatable bonds is 7. The summed E-state index contributed by atoms with van der Waals surface area (Å²) in [6, 6.07) is 0.394. The van der Waals surface area contributed by atoms with E-state index in [1.807, 2.05) is 0 Å². The van der Waals surface area contributed by atoms with Gasteiger partial charge in [0.2, 0.25) is 0 Å². The molecule has 0 saturated heterocycles. The molecule has 0 fully saturated rings. The lowest BCUT2D eigenvalue weighted by Gasteiger charge is -2.11. The number of ether oxygens (including phenoxy) is 1. The van der Waals surface area contributed by atoms with Crippen LogP contribution in [-0.2, 0) is 4.74 Å². The van der Waals surface area contributed by atoms with Crippen LogP contribution in [0.4, 0.5) is 0 Å². The Kier molecular flexibility index (Phi) is 5.66. The van der Waals surface area contributed by atoms with E-state index in [4.69, 9.17) is 9.15 Å². The summed E-state index contributed by atoms with van der Waals surface area (Å²) >= 11 is 1.61. The van der Waals surface area contributed by atoms with Crippen LogP contribution in [0.25, 0.3) is 0 Å². The molecule has 1 rings (SSSR count). The van der Waals surface area contributed by atoms with Gasteiger partial charge in [-0.3, -0.25) is 0 Å². The second-order valence-electron chi connectivity index (χ2n) is 2.96. The summed E-state index contributed by atoms with van der Waals surface area (Å²) in [5, 5.41) is 4.06. The van der Waals surface area contributed by atoms with Gasteiger partial charge < -0.3 is 14.5 Å². The molecule has 5 heteroatoms. The van der Waals surface area contributed by atoms with Gasteiger partial charge in [-0.25, -0.2) is 4.98 Å². The number of nitrogens with zero attached hydrogens (tertiary/aromatic N) is 1. The minimum Gasteiger partial charge on any atom is -0.440 e. The number of methoxy groups -OCH3 is 1. The van der Waals surface area contributed by atoms with Crippen LogP contribution in [0.1, 0.15) is 6.92 Å². The Balaban J connectivity index is 1.99. The minimum atomic E-state index is 0.394. The van der Waals surface area contributed by atoms with Gasteiger partial charge in [0.15, 0.2) is 0 Å². The molecule has 80 valence electrons. The van der Waals surface area contributed by atoms with Gasteiger partial charge in [-0.1, -0.05) is 11.8 Å². The average Bonchev–Trinajstić information content (AvgIpc) is 2.65. The number of hydrogen-bond acceptors (Lipinski definition) is 5. The summed E-state index contributed by atoms with van der Waals surface area (Å²) in [6.07, 6.45) is 3.24. The fraction of sp³-hybridized carbons (Fsp3) is 0.667. The number of aromatic nitrogens is 1. The third kappa shape index (κ3) is 4.64. The van der Waals surface area contributed by atoms with Gasteiger partial charge in [-0.15, -0.1) is 0 Å². The largest absolute Gasteiger partial charge is 0.440 e. The predicted octanol–water partition coefficient (Wildman–Crippen LogP) is 1.39. The van der Waals surface area contributed by atoms with Crippen molar-refractivity contribution in [2.75, 3.05) is 26.0 Å². The summed E-state index contributed by atoms with van der Waals surface area (Å²) in [6.45, 7) is 3.76. The molecule has 4 nitrogen and oxygen atoms in total. The maximum atomic E-state index is 5.09. The molecule has 1 aromatic rings. The van der Waals surface area contributed by atoms with Crippen molar-refractivity contribution in [3.8, 4) is 0 Å². The summed E-state index contributed by atoms with van der Waals surface area (Å²) in [4.78, 5) is 4.01. The minimum absolute atomic E-state index is 0.394. The molecule has 0 aliphatic carbocycles. The molecule has 0 spiro atoms. The molecule has 1 heterocycles. The van der Waals surface area contributed by atoms with Gasteiger partial charge in [0.05, 0.1) is 12.8 Å². The lowest BCUT2D eigenvalue weighted by molar-refractivity contribution is 0.173. The number of oxazole rings is 1. The lowest BCUT2D eigenvalue weighted by Crippen LogP contribution is -2.31. The third-order valence-corrected chi connectivity index (χ3v) is 2.50. The van der Waals surface area contributed by atoms with Crippen molar-refractivity contribution in [3.63, 3.8) is 0 Å². The first-order valence-corrected chi connectivity index (χ1v) is 5.56. The highest BCUT2D eigenvalue weighted by atomic mass is 32.2. The van der Waals surface area contributed by atoms with Crippen LogP contribution < -0.4 is 5.32 Å². The number of nitrogens with one attached hydrogen (secondary N) is 1. The van der Waals surface area contributed by atoms with Gasteiger partial charge in [0.1, 0.15) is 6.26 Å². The van der Waals surface area contributed by atoms with Gasteiger partial charge in [-0.2, -0.15) is 0 Å². The van der Waals surface area contributed by atoms with Gasteiger partial charge in [-0.05, 0) is 6.92 Å². The molecule has 0 amide bonds. The van der Waals surface area contributed by atoms with Crippen molar-refractivity contribution in [2.24, 2.45) is 0 Å². The highest BCUT2D eigenvalue weighted by molar-refractivity contribution is 7.99. The molecule has 0 aromatic carbocycles. The highest BCUT2D eigenvalue weighted by Crippen LogP contribution is 2.13. The topological polar surface area (TPSA) is 47.3 Å². The van der Waals surface area contributed by atoms with Crippen LogP contribution in [0.5, 0.6) is 0 Å². The molecular formula is C9H16N2O2S. The Hall–Kier alpha value is -0.520. The second kappa shape index (κ2) is 6.86. The van der Waals surface area contributed by atoms with E-state index >= 15 is 0 Å². The first kappa shape index (κ1) is 11.6. The molecule has 1 atom stereocenters. The standard InChI is InChI=1S/C9H16N2O2S/c1-8(7-12-2)10-4-6-14-9-11-3-5-13-9/h3,5,8,10H,4,6-7H2,1-2H3. The normalized spacial score (nSPS) is 13.0. The molecule has 1 aromatic heterocycles. The van der Waals surface area contributed by atoms with E-state index in [0.717, 1.165) is 24.1 Å². The van der Waals surface area contributed by atoms with Crippen LogP contribution in [0, 0.1) is 0 Å². The zero-order chi connectivity index (χ0) is 10.2. The highest BCUT2D eigenvalue weighted by Gasteiger charge is 2.01. The Morgan fingerprint density at radius 3 is 3.21 bits per heavy atom. The first-order valence-electron chi connectivity index (χ1n) is 4.57. The lowest BCUT2D eigenvalue weighted by atomic mass is 10.4. The van der Waals surface area contributed by atoms with Crippen molar-refractivity contribution >= 4 is 11.8 Å². The molecule has 0 radical (unpaired) electrons. The van der Waals surface area contributed by atoms with Crippen LogP contribution in [0.3, 0.4) is 0 Å². The molecule has 0 bridgehead atoms. The van der Waals surface area contributed by atoms with Gasteiger partial charge in [0, 0.05) is 25.4 Å². The molecular weight excluding hydrogens is 200 g/mol.